The van der Waals surface area contributed by atoms with Crippen molar-refractivity contribution in [3.63, 3.8) is 0 Å². The first-order valence-corrected chi connectivity index (χ1v) is 9.38. The molecule has 1 saturated carbocycles. The molecule has 3 aromatic rings. The summed E-state index contributed by atoms with van der Waals surface area (Å²) in [6, 6.07) is 9.33. The molecule has 2 aromatic carbocycles. The van der Waals surface area contributed by atoms with Crippen LogP contribution < -0.4 is 5.32 Å². The van der Waals surface area contributed by atoms with Gasteiger partial charge in [-0.2, -0.15) is 18.4 Å². The van der Waals surface area contributed by atoms with Gasteiger partial charge in [0.05, 0.1) is 22.7 Å². The van der Waals surface area contributed by atoms with Gasteiger partial charge < -0.3 is 10.3 Å². The van der Waals surface area contributed by atoms with Gasteiger partial charge in [0.25, 0.3) is 0 Å². The average Bonchev–Trinajstić information content (AvgIpc) is 3.33. The Kier molecular flexibility index (Phi) is 4.91. The Hall–Kier alpha value is -3.08. The van der Waals surface area contributed by atoms with Gasteiger partial charge in [-0.1, -0.05) is 18.9 Å². The minimum absolute atomic E-state index is 0.0570. The highest BCUT2D eigenvalue weighted by Gasteiger charge is 2.34. The molecule has 2 N–H and O–H groups in total. The third kappa shape index (κ3) is 3.90. The molecule has 150 valence electrons. The van der Waals surface area contributed by atoms with Crippen molar-refractivity contribution in [2.75, 3.05) is 5.32 Å². The van der Waals surface area contributed by atoms with Crippen molar-refractivity contribution in [3.05, 3.63) is 58.9 Å². The summed E-state index contributed by atoms with van der Waals surface area (Å²) >= 11 is 0. The highest BCUT2D eigenvalue weighted by atomic mass is 19.4. The van der Waals surface area contributed by atoms with E-state index in [1.807, 2.05) is 0 Å². The van der Waals surface area contributed by atoms with Gasteiger partial charge in [0.2, 0.25) is 5.95 Å². The molecule has 0 radical (unpaired) electrons. The van der Waals surface area contributed by atoms with Gasteiger partial charge in [0.15, 0.2) is 0 Å². The van der Waals surface area contributed by atoms with E-state index >= 15 is 0 Å². The first-order chi connectivity index (χ1) is 13.8. The van der Waals surface area contributed by atoms with E-state index in [9.17, 15) is 22.8 Å². The molecule has 0 amide bonds. The second kappa shape index (κ2) is 7.39. The second-order valence-electron chi connectivity index (χ2n) is 7.34. The van der Waals surface area contributed by atoms with Gasteiger partial charge in [0, 0.05) is 0 Å². The maximum Gasteiger partial charge on any atom is 0.416 e. The number of aromatic nitrogens is 2. The molecule has 0 aliphatic heterocycles. The molecule has 1 atom stereocenters. The standard InChI is InChI=1S/C21H18F4N4/c22-16-9-14(8-15(10-16)21(23,24)25)18(12-4-1-2-5-12)28-20-27-17-7-3-6-13(11-26)19(17)29-20/h3,6-10,12,18H,1-2,4-5H2,(H2,27,28,29). The number of alkyl halides is 3. The van der Waals surface area contributed by atoms with Crippen LogP contribution in [0.3, 0.4) is 0 Å². The number of nitrogens with zero attached hydrogens (tertiary/aromatic N) is 2. The van der Waals surface area contributed by atoms with E-state index in [4.69, 9.17) is 0 Å². The minimum Gasteiger partial charge on any atom is -0.349 e. The van der Waals surface area contributed by atoms with E-state index in [1.165, 1.54) is 0 Å². The summed E-state index contributed by atoms with van der Waals surface area (Å²) in [6.07, 6.45) is -1.01. The maximum atomic E-state index is 14.0. The molecule has 0 saturated heterocycles. The maximum absolute atomic E-state index is 14.0. The third-order valence-corrected chi connectivity index (χ3v) is 5.40. The first-order valence-electron chi connectivity index (χ1n) is 9.38. The monoisotopic (exact) mass is 402 g/mol. The van der Waals surface area contributed by atoms with Crippen LogP contribution in [0, 0.1) is 23.1 Å². The molecule has 1 aliphatic rings. The van der Waals surface area contributed by atoms with Gasteiger partial charge in [-0.3, -0.25) is 0 Å². The fourth-order valence-electron chi connectivity index (χ4n) is 4.06. The van der Waals surface area contributed by atoms with E-state index in [-0.39, 0.29) is 11.5 Å². The van der Waals surface area contributed by atoms with Gasteiger partial charge in [-0.05, 0) is 54.7 Å². The van der Waals surface area contributed by atoms with Gasteiger partial charge in [0.1, 0.15) is 17.4 Å². The molecule has 1 heterocycles. The smallest absolute Gasteiger partial charge is 0.349 e. The van der Waals surface area contributed by atoms with Crippen molar-refractivity contribution in [2.24, 2.45) is 5.92 Å². The zero-order valence-corrected chi connectivity index (χ0v) is 15.4. The van der Waals surface area contributed by atoms with Crippen LogP contribution in [-0.4, -0.2) is 9.97 Å². The van der Waals surface area contributed by atoms with Crippen LogP contribution in [0.25, 0.3) is 11.0 Å². The van der Waals surface area contributed by atoms with E-state index < -0.39 is 23.6 Å². The molecule has 1 fully saturated rings. The number of halogens is 4. The minimum atomic E-state index is -4.63. The number of fused-ring (bicyclic) bond motifs is 1. The Labute approximate surface area is 164 Å². The summed E-state index contributed by atoms with van der Waals surface area (Å²) < 4.78 is 53.6. The molecule has 4 rings (SSSR count). The number of anilines is 1. The first kappa shape index (κ1) is 19.2. The molecule has 0 spiro atoms. The lowest BCUT2D eigenvalue weighted by Gasteiger charge is -2.26. The number of hydrogen-bond donors (Lipinski definition) is 2. The van der Waals surface area contributed by atoms with Crippen LogP contribution in [0.5, 0.6) is 0 Å². The quantitative estimate of drug-likeness (QED) is 0.531. The molecule has 1 aromatic heterocycles. The molecular formula is C21H18F4N4. The van der Waals surface area contributed by atoms with Crippen LogP contribution in [0.2, 0.25) is 0 Å². The van der Waals surface area contributed by atoms with Crippen LogP contribution in [0.4, 0.5) is 23.5 Å². The van der Waals surface area contributed by atoms with Crippen molar-refractivity contribution in [2.45, 2.75) is 37.9 Å². The van der Waals surface area contributed by atoms with Gasteiger partial charge in [-0.15, -0.1) is 0 Å². The number of rotatable bonds is 4. The molecule has 8 heteroatoms. The van der Waals surface area contributed by atoms with Crippen LogP contribution >= 0.6 is 0 Å². The fraction of sp³-hybridized carbons (Fsp3) is 0.333. The van der Waals surface area contributed by atoms with Crippen molar-refractivity contribution >= 4 is 17.0 Å². The van der Waals surface area contributed by atoms with E-state index in [0.717, 1.165) is 37.8 Å². The normalized spacial score (nSPS) is 16.1. The number of aromatic amines is 1. The highest BCUT2D eigenvalue weighted by molar-refractivity contribution is 5.83. The Morgan fingerprint density at radius 1 is 1.17 bits per heavy atom. The SMILES string of the molecule is N#Cc1cccc2[nH]c(NC(c3cc(F)cc(C(F)(F)F)c3)C3CCCC3)nc12. The predicted molar refractivity (Wildman–Crippen MR) is 101 cm³/mol. The lowest BCUT2D eigenvalue weighted by Crippen LogP contribution is -2.21. The van der Waals surface area contributed by atoms with E-state index in [0.29, 0.717) is 28.6 Å². The van der Waals surface area contributed by atoms with Crippen molar-refractivity contribution in [1.82, 2.24) is 9.97 Å². The number of imidazole rings is 1. The summed E-state index contributed by atoms with van der Waals surface area (Å²) in [7, 11) is 0. The number of nitriles is 1. The van der Waals surface area contributed by atoms with Crippen LogP contribution in [0.15, 0.2) is 36.4 Å². The summed E-state index contributed by atoms with van der Waals surface area (Å²) in [4.78, 5) is 7.47. The summed E-state index contributed by atoms with van der Waals surface area (Å²) in [5.74, 6) is -0.519. The zero-order chi connectivity index (χ0) is 20.6. The van der Waals surface area contributed by atoms with E-state index in [1.54, 1.807) is 18.2 Å². The Balaban J connectivity index is 1.74. The van der Waals surface area contributed by atoms with Crippen LogP contribution in [0.1, 0.15) is 48.4 Å². The number of hydrogen-bond acceptors (Lipinski definition) is 3. The molecule has 1 aliphatic carbocycles. The van der Waals surface area contributed by atoms with Crippen molar-refractivity contribution < 1.29 is 17.6 Å². The number of para-hydroxylation sites is 1. The lowest BCUT2D eigenvalue weighted by atomic mass is 9.90. The largest absolute Gasteiger partial charge is 0.416 e. The van der Waals surface area contributed by atoms with Crippen molar-refractivity contribution in [1.29, 1.82) is 5.26 Å². The topological polar surface area (TPSA) is 64.5 Å². The van der Waals surface area contributed by atoms with Crippen LogP contribution in [-0.2, 0) is 6.18 Å². The van der Waals surface area contributed by atoms with Gasteiger partial charge >= 0.3 is 6.18 Å². The summed E-state index contributed by atoms with van der Waals surface area (Å²) in [5.41, 5.74) is 0.762. The molecule has 4 nitrogen and oxygen atoms in total. The Morgan fingerprint density at radius 2 is 1.93 bits per heavy atom. The Morgan fingerprint density at radius 3 is 2.62 bits per heavy atom. The predicted octanol–water partition coefficient (Wildman–Crippen LogP) is 5.94. The molecular weight excluding hydrogens is 384 g/mol. The zero-order valence-electron chi connectivity index (χ0n) is 15.4. The third-order valence-electron chi connectivity index (χ3n) is 5.40. The summed E-state index contributed by atoms with van der Waals surface area (Å²) in [6.45, 7) is 0. The summed E-state index contributed by atoms with van der Waals surface area (Å²) in [5, 5.41) is 12.4. The highest BCUT2D eigenvalue weighted by Crippen LogP contribution is 2.40. The molecule has 29 heavy (non-hydrogen) atoms. The fourth-order valence-corrected chi connectivity index (χ4v) is 4.06. The lowest BCUT2D eigenvalue weighted by molar-refractivity contribution is -0.137. The van der Waals surface area contributed by atoms with E-state index in [2.05, 4.69) is 21.4 Å². The number of nitrogens with one attached hydrogen (secondary N) is 2. The van der Waals surface area contributed by atoms with Gasteiger partial charge in [-0.25, -0.2) is 9.37 Å². The average molecular weight is 402 g/mol. The number of benzene rings is 2. The molecule has 0 bridgehead atoms. The van der Waals surface area contributed by atoms with Crippen molar-refractivity contribution in [3.8, 4) is 6.07 Å². The Bertz CT molecular complexity index is 1070. The molecule has 1 unspecified atom stereocenters. The second-order valence-corrected chi connectivity index (χ2v) is 7.34. The number of H-pyrrole nitrogens is 1.